The second-order valence-electron chi connectivity index (χ2n) is 7.88. The molecule has 0 N–H and O–H groups in total. The molecule has 6 heteroatoms. The summed E-state index contributed by atoms with van der Waals surface area (Å²) < 4.78 is 7.43. The van der Waals surface area contributed by atoms with Crippen LogP contribution in [-0.2, 0) is 22.6 Å². The Balaban J connectivity index is 1.37. The number of fused-ring (bicyclic) bond motifs is 1. The molecule has 31 heavy (non-hydrogen) atoms. The quantitative estimate of drug-likeness (QED) is 0.578. The van der Waals surface area contributed by atoms with Crippen molar-refractivity contribution in [2.24, 2.45) is 0 Å². The predicted molar refractivity (Wildman–Crippen MR) is 120 cm³/mol. The number of amides is 1. The third-order valence-corrected chi connectivity index (χ3v) is 5.58. The average Bonchev–Trinajstić information content (AvgIpc) is 3.18. The van der Waals surface area contributed by atoms with E-state index >= 15 is 0 Å². The second kappa shape index (κ2) is 9.16. The topological polar surface area (TPSA) is 64.4 Å². The van der Waals surface area contributed by atoms with Gasteiger partial charge in [0, 0.05) is 44.0 Å². The number of aromatic nitrogens is 2. The summed E-state index contributed by atoms with van der Waals surface area (Å²) in [4.78, 5) is 27.1. The summed E-state index contributed by atoms with van der Waals surface area (Å²) in [5.74, 6) is 1.60. The molecule has 2 heterocycles. The first-order valence-corrected chi connectivity index (χ1v) is 10.6. The Morgan fingerprint density at radius 1 is 1.03 bits per heavy atom. The lowest BCUT2D eigenvalue weighted by molar-refractivity contribution is -0.123. The predicted octanol–water partition coefficient (Wildman–Crippen LogP) is 4.20. The van der Waals surface area contributed by atoms with Crippen molar-refractivity contribution >= 4 is 17.5 Å². The molecule has 1 aliphatic heterocycles. The molecule has 2 aromatic carbocycles. The molecule has 1 aromatic heterocycles. The molecule has 4 rings (SSSR count). The third kappa shape index (κ3) is 4.68. The first-order chi connectivity index (χ1) is 15.0. The SMILES string of the molecule is COc1cc(CC(=O)CCC(=O)N2CCCn3nc(C)cc32)ccc1-c1ccccc1. The van der Waals surface area contributed by atoms with Gasteiger partial charge in [-0.2, -0.15) is 5.10 Å². The van der Waals surface area contributed by atoms with E-state index in [4.69, 9.17) is 4.74 Å². The monoisotopic (exact) mass is 417 g/mol. The summed E-state index contributed by atoms with van der Waals surface area (Å²) in [6.07, 6.45) is 1.60. The second-order valence-corrected chi connectivity index (χ2v) is 7.88. The van der Waals surface area contributed by atoms with Crippen molar-refractivity contribution in [3.63, 3.8) is 0 Å². The van der Waals surface area contributed by atoms with Crippen LogP contribution in [0.1, 0.15) is 30.5 Å². The van der Waals surface area contributed by atoms with Gasteiger partial charge in [-0.05, 0) is 30.5 Å². The molecular weight excluding hydrogens is 390 g/mol. The molecule has 1 amide bonds. The molecule has 0 atom stereocenters. The molecule has 6 nitrogen and oxygen atoms in total. The zero-order chi connectivity index (χ0) is 21.8. The highest BCUT2D eigenvalue weighted by molar-refractivity contribution is 5.95. The molecule has 0 radical (unpaired) electrons. The van der Waals surface area contributed by atoms with Gasteiger partial charge in [-0.1, -0.05) is 42.5 Å². The minimum Gasteiger partial charge on any atom is -0.496 e. The van der Waals surface area contributed by atoms with Crippen molar-refractivity contribution < 1.29 is 14.3 Å². The van der Waals surface area contributed by atoms with Crippen LogP contribution in [0.2, 0.25) is 0 Å². The van der Waals surface area contributed by atoms with E-state index in [9.17, 15) is 9.59 Å². The largest absolute Gasteiger partial charge is 0.496 e. The fourth-order valence-electron chi connectivity index (χ4n) is 4.06. The lowest BCUT2D eigenvalue weighted by Crippen LogP contribution is -2.37. The summed E-state index contributed by atoms with van der Waals surface area (Å²) >= 11 is 0. The van der Waals surface area contributed by atoms with Gasteiger partial charge in [-0.15, -0.1) is 0 Å². The number of ether oxygens (including phenoxy) is 1. The zero-order valence-electron chi connectivity index (χ0n) is 18.0. The van der Waals surface area contributed by atoms with Crippen LogP contribution in [0.4, 0.5) is 5.82 Å². The molecule has 1 aliphatic rings. The first-order valence-electron chi connectivity index (χ1n) is 10.6. The van der Waals surface area contributed by atoms with E-state index in [1.807, 2.05) is 66.2 Å². The van der Waals surface area contributed by atoms with Crippen LogP contribution in [0.3, 0.4) is 0 Å². The van der Waals surface area contributed by atoms with Crippen molar-refractivity contribution in [1.29, 1.82) is 0 Å². The number of aryl methyl sites for hydroxylation is 2. The van der Waals surface area contributed by atoms with Crippen molar-refractivity contribution in [3.8, 4) is 16.9 Å². The number of methoxy groups -OCH3 is 1. The number of benzene rings is 2. The minimum atomic E-state index is -0.0220. The molecule has 0 spiro atoms. The summed E-state index contributed by atoms with van der Waals surface area (Å²) in [6.45, 7) is 3.43. The number of hydrogen-bond acceptors (Lipinski definition) is 4. The average molecular weight is 418 g/mol. The Bertz CT molecular complexity index is 1090. The van der Waals surface area contributed by atoms with Gasteiger partial charge >= 0.3 is 0 Å². The third-order valence-electron chi connectivity index (χ3n) is 5.58. The van der Waals surface area contributed by atoms with Crippen molar-refractivity contribution in [1.82, 2.24) is 9.78 Å². The fraction of sp³-hybridized carbons (Fsp3) is 0.320. The van der Waals surface area contributed by atoms with Crippen LogP contribution >= 0.6 is 0 Å². The summed E-state index contributed by atoms with van der Waals surface area (Å²) in [7, 11) is 1.64. The first kappa shape index (κ1) is 20.8. The van der Waals surface area contributed by atoms with Crippen LogP contribution in [0.15, 0.2) is 54.6 Å². The van der Waals surface area contributed by atoms with Gasteiger partial charge in [-0.25, -0.2) is 4.68 Å². The van der Waals surface area contributed by atoms with Gasteiger partial charge in [0.25, 0.3) is 0 Å². The standard InChI is InChI=1S/C25H27N3O3/c1-18-15-24-27(13-6-14-28(24)26-18)25(30)12-10-21(29)16-19-9-11-22(23(17-19)31-2)20-7-4-3-5-8-20/h3-5,7-9,11,15,17H,6,10,12-14,16H2,1-2H3. The van der Waals surface area contributed by atoms with Crippen molar-refractivity contribution in [2.75, 3.05) is 18.6 Å². The molecule has 0 saturated heterocycles. The highest BCUT2D eigenvalue weighted by atomic mass is 16.5. The van der Waals surface area contributed by atoms with E-state index < -0.39 is 0 Å². The van der Waals surface area contributed by atoms with Crippen LogP contribution < -0.4 is 9.64 Å². The van der Waals surface area contributed by atoms with Gasteiger partial charge in [-0.3, -0.25) is 14.5 Å². The summed E-state index contributed by atoms with van der Waals surface area (Å²) in [6, 6.07) is 17.8. The number of anilines is 1. The minimum absolute atomic E-state index is 0.0220. The van der Waals surface area contributed by atoms with Crippen LogP contribution in [-0.4, -0.2) is 35.1 Å². The number of carbonyl (C=O) groups excluding carboxylic acids is 2. The number of rotatable bonds is 7. The lowest BCUT2D eigenvalue weighted by atomic mass is 9.99. The molecule has 0 saturated carbocycles. The number of Topliss-reactive ketones (excluding diaryl/α,β-unsaturated/α-hetero) is 1. The fourth-order valence-corrected chi connectivity index (χ4v) is 4.06. The summed E-state index contributed by atoms with van der Waals surface area (Å²) in [5, 5.41) is 4.42. The van der Waals surface area contributed by atoms with Crippen LogP contribution in [0, 0.1) is 6.92 Å². The van der Waals surface area contributed by atoms with E-state index in [2.05, 4.69) is 5.10 Å². The Hall–Kier alpha value is -3.41. The molecular formula is C25H27N3O3. The van der Waals surface area contributed by atoms with Crippen LogP contribution in [0.5, 0.6) is 5.75 Å². The van der Waals surface area contributed by atoms with E-state index in [0.29, 0.717) is 6.54 Å². The maximum atomic E-state index is 12.7. The Kier molecular flexibility index (Phi) is 6.16. The van der Waals surface area contributed by atoms with Crippen molar-refractivity contribution in [3.05, 3.63) is 65.9 Å². The van der Waals surface area contributed by atoms with Crippen LogP contribution in [0.25, 0.3) is 11.1 Å². The van der Waals surface area contributed by atoms with Gasteiger partial charge in [0.05, 0.1) is 12.8 Å². The van der Waals surface area contributed by atoms with E-state index in [-0.39, 0.29) is 31.0 Å². The van der Waals surface area contributed by atoms with E-state index in [1.165, 1.54) is 0 Å². The van der Waals surface area contributed by atoms with Gasteiger partial charge in [0.15, 0.2) is 0 Å². The maximum Gasteiger partial charge on any atom is 0.228 e. The number of hydrogen-bond donors (Lipinski definition) is 0. The molecule has 160 valence electrons. The molecule has 0 bridgehead atoms. The molecule has 0 unspecified atom stereocenters. The Morgan fingerprint density at radius 3 is 2.61 bits per heavy atom. The normalized spacial score (nSPS) is 13.0. The van der Waals surface area contributed by atoms with Crippen molar-refractivity contribution in [2.45, 2.75) is 39.2 Å². The molecule has 0 fully saturated rings. The highest BCUT2D eigenvalue weighted by Crippen LogP contribution is 2.31. The van der Waals surface area contributed by atoms with E-state index in [1.54, 1.807) is 12.0 Å². The van der Waals surface area contributed by atoms with Gasteiger partial charge in [0.1, 0.15) is 17.4 Å². The number of nitrogens with zero attached hydrogens (tertiary/aromatic N) is 3. The van der Waals surface area contributed by atoms with Gasteiger partial charge < -0.3 is 4.74 Å². The maximum absolute atomic E-state index is 12.7. The highest BCUT2D eigenvalue weighted by Gasteiger charge is 2.24. The Labute approximate surface area is 182 Å². The zero-order valence-corrected chi connectivity index (χ0v) is 18.0. The molecule has 3 aromatic rings. The lowest BCUT2D eigenvalue weighted by Gasteiger charge is -2.27. The van der Waals surface area contributed by atoms with E-state index in [0.717, 1.165) is 46.9 Å². The number of ketones is 1. The van der Waals surface area contributed by atoms with Gasteiger partial charge in [0.2, 0.25) is 5.91 Å². The smallest absolute Gasteiger partial charge is 0.228 e. The number of carbonyl (C=O) groups is 2. The summed E-state index contributed by atoms with van der Waals surface area (Å²) in [5.41, 5.74) is 3.85. The Morgan fingerprint density at radius 2 is 1.84 bits per heavy atom. The molecule has 0 aliphatic carbocycles.